The van der Waals surface area contributed by atoms with Crippen LogP contribution in [0.3, 0.4) is 0 Å². The van der Waals surface area contributed by atoms with Gasteiger partial charge in [-0.15, -0.1) is 11.6 Å². The molecule has 2 atom stereocenters. The zero-order chi connectivity index (χ0) is 29.5. The third kappa shape index (κ3) is 9.45. The number of halogens is 3. The van der Waals surface area contributed by atoms with E-state index in [-0.39, 0.29) is 37.3 Å². The Hall–Kier alpha value is -2.20. The summed E-state index contributed by atoms with van der Waals surface area (Å²) in [5.74, 6) is -0.253. The molecule has 0 aliphatic rings. The number of sulfonamides is 1. The smallest absolute Gasteiger partial charge is 0.303 e. The predicted molar refractivity (Wildman–Crippen MR) is 154 cm³/mol. The van der Waals surface area contributed by atoms with Crippen molar-refractivity contribution in [2.75, 3.05) is 31.9 Å². The van der Waals surface area contributed by atoms with E-state index in [2.05, 4.69) is 0 Å². The van der Waals surface area contributed by atoms with Gasteiger partial charge < -0.3 is 14.2 Å². The highest BCUT2D eigenvalue weighted by Gasteiger charge is 2.27. The Kier molecular flexibility index (Phi) is 11.8. The number of carbonyl (C=O) groups is 2. The molecule has 0 heterocycles. The van der Waals surface area contributed by atoms with Crippen LogP contribution in [0.15, 0.2) is 36.4 Å². The van der Waals surface area contributed by atoms with Crippen LogP contribution < -0.4 is 9.47 Å². The van der Waals surface area contributed by atoms with Gasteiger partial charge in [-0.25, -0.2) is 12.7 Å². The van der Waals surface area contributed by atoms with Crippen molar-refractivity contribution in [2.45, 2.75) is 46.1 Å². The SMILES string of the molecule is CC(=O)O[C@H](CCl)COc1c(Cl)cc(C(C)(C)c2ccc(OC[C@H](C)CN(C(C)=O)S(C)(=O)=O)cc2)cc1Cl. The number of carbonyl (C=O) groups excluding carboxylic acids is 2. The number of ether oxygens (including phenoxy) is 3. The van der Waals surface area contributed by atoms with Crippen LogP contribution in [-0.2, 0) is 29.8 Å². The van der Waals surface area contributed by atoms with Gasteiger partial charge in [-0.2, -0.15) is 0 Å². The van der Waals surface area contributed by atoms with E-state index < -0.39 is 33.4 Å². The zero-order valence-electron chi connectivity index (χ0n) is 22.8. The summed E-state index contributed by atoms with van der Waals surface area (Å²) in [7, 11) is -3.63. The lowest BCUT2D eigenvalue weighted by atomic mass is 9.78. The summed E-state index contributed by atoms with van der Waals surface area (Å²) in [4.78, 5) is 22.9. The molecule has 0 saturated carbocycles. The number of hydrogen-bond acceptors (Lipinski definition) is 7. The molecule has 12 heteroatoms. The van der Waals surface area contributed by atoms with Crippen LogP contribution in [0.1, 0.15) is 45.7 Å². The van der Waals surface area contributed by atoms with Crippen LogP contribution >= 0.6 is 34.8 Å². The van der Waals surface area contributed by atoms with E-state index in [9.17, 15) is 18.0 Å². The summed E-state index contributed by atoms with van der Waals surface area (Å²) in [5, 5.41) is 0.619. The molecule has 216 valence electrons. The second kappa shape index (κ2) is 13.9. The third-order valence-corrected chi connectivity index (χ3v) is 8.09. The molecule has 0 bridgehead atoms. The Labute approximate surface area is 245 Å². The molecule has 0 N–H and O–H groups in total. The number of rotatable bonds is 13. The van der Waals surface area contributed by atoms with Crippen molar-refractivity contribution in [2.24, 2.45) is 5.92 Å². The molecule has 8 nitrogen and oxygen atoms in total. The van der Waals surface area contributed by atoms with Crippen LogP contribution in [0.25, 0.3) is 0 Å². The van der Waals surface area contributed by atoms with E-state index in [1.165, 1.54) is 13.8 Å². The molecular weight excluding hydrogens is 589 g/mol. The van der Waals surface area contributed by atoms with Gasteiger partial charge in [0.25, 0.3) is 0 Å². The fraction of sp³-hybridized carbons (Fsp3) is 0.481. The summed E-state index contributed by atoms with van der Waals surface area (Å²) in [6.07, 6.45) is 0.371. The molecule has 0 aliphatic heterocycles. The second-order valence-corrected chi connectivity index (χ2v) is 12.9. The Bertz CT molecular complexity index is 1240. The average Bonchev–Trinajstić information content (AvgIpc) is 2.83. The van der Waals surface area contributed by atoms with Gasteiger partial charge in [0.05, 0.1) is 28.8 Å². The first-order chi connectivity index (χ1) is 18.1. The fourth-order valence-corrected chi connectivity index (χ4v) is 5.53. The second-order valence-electron chi connectivity index (χ2n) is 9.84. The van der Waals surface area contributed by atoms with Gasteiger partial charge in [-0.1, -0.05) is 56.1 Å². The van der Waals surface area contributed by atoms with Gasteiger partial charge in [0.2, 0.25) is 15.9 Å². The minimum atomic E-state index is -3.63. The lowest BCUT2D eigenvalue weighted by molar-refractivity contribution is -0.146. The van der Waals surface area contributed by atoms with Crippen LogP contribution in [0.2, 0.25) is 10.0 Å². The number of esters is 1. The molecule has 0 fully saturated rings. The molecule has 0 aliphatic carbocycles. The van der Waals surface area contributed by atoms with E-state index in [0.717, 1.165) is 21.7 Å². The van der Waals surface area contributed by atoms with Gasteiger partial charge in [0.1, 0.15) is 18.5 Å². The topological polar surface area (TPSA) is 99.2 Å². The van der Waals surface area contributed by atoms with Crippen LogP contribution in [0.4, 0.5) is 0 Å². The molecule has 1 amide bonds. The van der Waals surface area contributed by atoms with Crippen molar-refractivity contribution >= 4 is 56.7 Å². The monoisotopic (exact) mass is 621 g/mol. The Morgan fingerprint density at radius 1 is 0.974 bits per heavy atom. The average molecular weight is 623 g/mol. The van der Waals surface area contributed by atoms with Crippen LogP contribution in [0, 0.1) is 5.92 Å². The van der Waals surface area contributed by atoms with Gasteiger partial charge in [0.15, 0.2) is 5.75 Å². The predicted octanol–water partition coefficient (Wildman–Crippen LogP) is 5.69. The minimum absolute atomic E-state index is 0.00633. The normalized spacial score (nSPS) is 13.4. The minimum Gasteiger partial charge on any atom is -0.493 e. The Morgan fingerprint density at radius 2 is 1.54 bits per heavy atom. The van der Waals surface area contributed by atoms with E-state index >= 15 is 0 Å². The summed E-state index contributed by atoms with van der Waals surface area (Å²) in [6.45, 7) is 8.66. The largest absolute Gasteiger partial charge is 0.493 e. The standard InChI is InChI=1S/C27H34Cl3NO7S/c1-17(14-31(18(2)32)39(6,34)35)15-36-22-9-7-20(8-10-22)27(4,5)21-11-24(29)26(25(30)12-21)37-16-23(13-28)38-19(3)33/h7-12,17,23H,13-16H2,1-6H3/t17-,23-/m1/s1. The van der Waals surface area contributed by atoms with E-state index in [1.807, 2.05) is 45.0 Å². The molecule has 0 radical (unpaired) electrons. The number of nitrogens with zero attached hydrogens (tertiary/aromatic N) is 1. The molecule has 2 rings (SSSR count). The van der Waals surface area contributed by atoms with Crippen molar-refractivity contribution < 1.29 is 32.2 Å². The Balaban J connectivity index is 2.10. The number of amides is 1. The van der Waals surface area contributed by atoms with Crippen molar-refractivity contribution in [1.29, 1.82) is 0 Å². The maximum absolute atomic E-state index is 11.8. The molecule has 0 saturated heterocycles. The van der Waals surface area contributed by atoms with E-state index in [1.54, 1.807) is 12.1 Å². The molecule has 0 unspecified atom stereocenters. The molecule has 2 aromatic carbocycles. The van der Waals surface area contributed by atoms with Crippen molar-refractivity contribution in [1.82, 2.24) is 4.31 Å². The van der Waals surface area contributed by atoms with E-state index in [0.29, 0.717) is 15.8 Å². The summed E-state index contributed by atoms with van der Waals surface area (Å²) in [6, 6.07) is 11.1. The lowest BCUT2D eigenvalue weighted by Gasteiger charge is -2.28. The van der Waals surface area contributed by atoms with Gasteiger partial charge >= 0.3 is 5.97 Å². The molecular formula is C27H34Cl3NO7S. The highest BCUT2D eigenvalue weighted by molar-refractivity contribution is 7.88. The Morgan fingerprint density at radius 3 is 2.00 bits per heavy atom. The highest BCUT2D eigenvalue weighted by Crippen LogP contribution is 2.40. The number of alkyl halides is 1. The maximum Gasteiger partial charge on any atom is 0.303 e. The van der Waals surface area contributed by atoms with Gasteiger partial charge in [0, 0.05) is 31.7 Å². The maximum atomic E-state index is 11.8. The van der Waals surface area contributed by atoms with Crippen molar-refractivity contribution in [3.63, 3.8) is 0 Å². The zero-order valence-corrected chi connectivity index (χ0v) is 25.9. The van der Waals surface area contributed by atoms with Gasteiger partial charge in [-0.3, -0.25) is 9.59 Å². The van der Waals surface area contributed by atoms with Gasteiger partial charge in [-0.05, 0) is 35.4 Å². The molecule has 39 heavy (non-hydrogen) atoms. The van der Waals surface area contributed by atoms with Crippen molar-refractivity contribution in [3.8, 4) is 11.5 Å². The van der Waals surface area contributed by atoms with E-state index in [4.69, 9.17) is 49.0 Å². The first-order valence-electron chi connectivity index (χ1n) is 12.1. The first kappa shape index (κ1) is 33.0. The summed E-state index contributed by atoms with van der Waals surface area (Å²) >= 11 is 18.9. The summed E-state index contributed by atoms with van der Waals surface area (Å²) < 4.78 is 41.1. The molecule has 0 spiro atoms. The van der Waals surface area contributed by atoms with Crippen molar-refractivity contribution in [3.05, 3.63) is 57.6 Å². The quantitative estimate of drug-likeness (QED) is 0.209. The van der Waals surface area contributed by atoms with Crippen LogP contribution in [-0.4, -0.2) is 62.6 Å². The van der Waals surface area contributed by atoms with Crippen LogP contribution in [0.5, 0.6) is 11.5 Å². The third-order valence-electron chi connectivity index (χ3n) is 5.98. The fourth-order valence-electron chi connectivity index (χ4n) is 3.79. The first-order valence-corrected chi connectivity index (χ1v) is 15.3. The highest BCUT2D eigenvalue weighted by atomic mass is 35.5. The molecule has 0 aromatic heterocycles. The molecule has 2 aromatic rings. The number of benzene rings is 2. The lowest BCUT2D eigenvalue weighted by Crippen LogP contribution is -2.38. The number of hydrogen-bond donors (Lipinski definition) is 0. The summed E-state index contributed by atoms with van der Waals surface area (Å²) in [5.41, 5.74) is 1.35.